The zero-order valence-electron chi connectivity index (χ0n) is 15.4. The number of anilines is 1. The van der Waals surface area contributed by atoms with Crippen molar-refractivity contribution in [2.24, 2.45) is 0 Å². The Hall–Kier alpha value is -3.09. The van der Waals surface area contributed by atoms with Crippen LogP contribution in [0.4, 0.5) is 5.69 Å². The topological polar surface area (TPSA) is 67.0 Å². The predicted octanol–water partition coefficient (Wildman–Crippen LogP) is 4.86. The number of benzene rings is 2. The molecule has 28 heavy (non-hydrogen) atoms. The molecule has 0 unspecified atom stereocenters. The number of hydrogen-bond acceptors (Lipinski definition) is 3. The van der Waals surface area contributed by atoms with Gasteiger partial charge in [-0.05, 0) is 29.8 Å². The maximum atomic E-state index is 11.3. The molecule has 2 aromatic heterocycles. The number of methoxy groups -OCH3 is 1. The van der Waals surface area contributed by atoms with Crippen LogP contribution in [0.3, 0.4) is 0 Å². The van der Waals surface area contributed by atoms with Crippen LogP contribution in [0.5, 0.6) is 5.75 Å². The summed E-state index contributed by atoms with van der Waals surface area (Å²) < 4.78 is 5.51. The third-order valence-corrected chi connectivity index (χ3v) is 4.44. The molecule has 2 heterocycles. The molecule has 143 valence electrons. The van der Waals surface area contributed by atoms with Crippen LogP contribution in [-0.4, -0.2) is 23.0 Å². The van der Waals surface area contributed by atoms with Gasteiger partial charge in [0.1, 0.15) is 11.4 Å². The number of ether oxygens (including phenoxy) is 1. The fourth-order valence-corrected chi connectivity index (χ4v) is 3.23. The van der Waals surface area contributed by atoms with Gasteiger partial charge in [-0.15, -0.1) is 0 Å². The Morgan fingerprint density at radius 2 is 1.86 bits per heavy atom. The average Bonchev–Trinajstić information content (AvgIpc) is 3.10. The van der Waals surface area contributed by atoms with Crippen molar-refractivity contribution in [3.63, 3.8) is 0 Å². The predicted molar refractivity (Wildman–Crippen MR) is 108 cm³/mol. The van der Waals surface area contributed by atoms with Gasteiger partial charge in [0, 0.05) is 63.9 Å². The maximum Gasteiger partial charge on any atom is 0.221 e. The van der Waals surface area contributed by atoms with Crippen molar-refractivity contribution in [2.45, 2.75) is 6.92 Å². The van der Waals surface area contributed by atoms with Crippen molar-refractivity contribution in [3.05, 3.63) is 67.0 Å². The molecule has 0 bridgehead atoms. The molecular weight excluding hydrogens is 397 g/mol. The van der Waals surface area contributed by atoms with Gasteiger partial charge in [-0.1, -0.05) is 30.3 Å². The van der Waals surface area contributed by atoms with Crippen LogP contribution in [0.15, 0.2) is 67.0 Å². The number of H-pyrrole nitrogens is 1. The van der Waals surface area contributed by atoms with Crippen LogP contribution in [0.2, 0.25) is 0 Å². The molecule has 0 aliphatic heterocycles. The molecule has 1 radical (unpaired) electrons. The molecule has 0 aliphatic carbocycles. The first-order valence-electron chi connectivity index (χ1n) is 8.64. The van der Waals surface area contributed by atoms with Gasteiger partial charge in [-0.3, -0.25) is 4.79 Å². The van der Waals surface area contributed by atoms with E-state index in [2.05, 4.69) is 21.4 Å². The second-order valence-electron chi connectivity index (χ2n) is 6.28. The Bertz CT molecular complexity index is 1140. The Labute approximate surface area is 173 Å². The van der Waals surface area contributed by atoms with Gasteiger partial charge in [-0.2, -0.15) is 0 Å². The van der Waals surface area contributed by atoms with E-state index >= 15 is 0 Å². The minimum atomic E-state index is -0.0928. The molecule has 0 spiro atoms. The molecule has 0 fully saturated rings. The van der Waals surface area contributed by atoms with E-state index in [1.54, 1.807) is 7.11 Å². The van der Waals surface area contributed by atoms with Crippen LogP contribution < -0.4 is 10.1 Å². The molecule has 1 amide bonds. The van der Waals surface area contributed by atoms with Crippen LogP contribution in [0.25, 0.3) is 33.3 Å². The average molecular weight is 416 g/mol. The third kappa shape index (κ3) is 3.78. The Balaban J connectivity index is 0.00000225. The molecule has 2 aromatic carbocycles. The quantitative estimate of drug-likeness (QED) is 0.499. The fraction of sp³-hybridized carbons (Fsp3) is 0.0909. The van der Waals surface area contributed by atoms with Crippen molar-refractivity contribution in [1.29, 1.82) is 0 Å². The van der Waals surface area contributed by atoms with Crippen LogP contribution in [0, 0.1) is 0 Å². The van der Waals surface area contributed by atoms with E-state index in [1.807, 2.05) is 60.9 Å². The fourth-order valence-electron chi connectivity index (χ4n) is 3.23. The van der Waals surface area contributed by atoms with Crippen LogP contribution in [0.1, 0.15) is 6.92 Å². The molecule has 0 atom stereocenters. The Morgan fingerprint density at radius 1 is 1.04 bits per heavy atom. The zero-order chi connectivity index (χ0) is 18.8. The van der Waals surface area contributed by atoms with Crippen molar-refractivity contribution in [1.82, 2.24) is 9.97 Å². The standard InChI is InChI=1S/C22H19N3O2.Co/c1-14(26)25-17-7-5-6-15(10-17)16-11-19-20(13-24-22(19)23-12-16)18-8-3-4-9-21(18)27-2;/h3-13H,1-2H3,(H,23,24)(H,25,26);. The number of aromatic nitrogens is 2. The number of rotatable bonds is 4. The number of nitrogens with zero attached hydrogens (tertiary/aromatic N) is 1. The molecule has 0 saturated heterocycles. The number of carbonyl (C=O) groups is 1. The second kappa shape index (κ2) is 8.29. The molecule has 4 aromatic rings. The molecular formula is C22H19CoN3O2. The van der Waals surface area contributed by atoms with Crippen LogP contribution >= 0.6 is 0 Å². The van der Waals surface area contributed by atoms with E-state index in [0.29, 0.717) is 0 Å². The summed E-state index contributed by atoms with van der Waals surface area (Å²) in [7, 11) is 1.67. The summed E-state index contributed by atoms with van der Waals surface area (Å²) in [4.78, 5) is 19.1. The molecule has 0 aliphatic rings. The normalized spacial score (nSPS) is 10.4. The van der Waals surface area contributed by atoms with Gasteiger partial charge >= 0.3 is 0 Å². The minimum absolute atomic E-state index is 0. The number of fused-ring (bicyclic) bond motifs is 1. The molecule has 6 heteroatoms. The summed E-state index contributed by atoms with van der Waals surface area (Å²) in [6.07, 6.45) is 3.78. The number of para-hydroxylation sites is 1. The monoisotopic (exact) mass is 416 g/mol. The van der Waals surface area contributed by atoms with Gasteiger partial charge in [0.05, 0.1) is 7.11 Å². The van der Waals surface area contributed by atoms with E-state index < -0.39 is 0 Å². The smallest absolute Gasteiger partial charge is 0.221 e. The van der Waals surface area contributed by atoms with E-state index in [-0.39, 0.29) is 22.7 Å². The van der Waals surface area contributed by atoms with Gasteiger partial charge < -0.3 is 15.0 Å². The van der Waals surface area contributed by atoms with Gasteiger partial charge in [0.2, 0.25) is 5.91 Å². The largest absolute Gasteiger partial charge is 0.496 e. The SMILES string of the molecule is COc1ccccc1-c1c[nH]c2ncc(-c3cccc(NC(C)=O)c3)cc12.[Co]. The second-order valence-corrected chi connectivity index (χ2v) is 6.28. The minimum Gasteiger partial charge on any atom is -0.496 e. The van der Waals surface area contributed by atoms with E-state index in [1.165, 1.54) is 6.92 Å². The summed E-state index contributed by atoms with van der Waals surface area (Å²) in [5, 5.41) is 3.83. The first-order valence-corrected chi connectivity index (χ1v) is 8.64. The van der Waals surface area contributed by atoms with E-state index in [0.717, 1.165) is 44.7 Å². The summed E-state index contributed by atoms with van der Waals surface area (Å²) in [5.41, 5.74) is 5.59. The number of amides is 1. The van der Waals surface area contributed by atoms with Crippen LogP contribution in [-0.2, 0) is 21.6 Å². The van der Waals surface area contributed by atoms with E-state index in [4.69, 9.17) is 4.74 Å². The Morgan fingerprint density at radius 3 is 2.64 bits per heavy atom. The zero-order valence-corrected chi connectivity index (χ0v) is 16.5. The first-order chi connectivity index (χ1) is 13.2. The summed E-state index contributed by atoms with van der Waals surface area (Å²) in [6, 6.07) is 17.8. The number of pyridine rings is 1. The third-order valence-electron chi connectivity index (χ3n) is 4.44. The summed E-state index contributed by atoms with van der Waals surface area (Å²) >= 11 is 0. The van der Waals surface area contributed by atoms with Gasteiger partial charge in [-0.25, -0.2) is 4.98 Å². The van der Waals surface area contributed by atoms with Crippen molar-refractivity contribution >= 4 is 22.6 Å². The molecule has 2 N–H and O–H groups in total. The molecule has 5 nitrogen and oxygen atoms in total. The maximum absolute atomic E-state index is 11.3. The molecule has 0 saturated carbocycles. The number of carbonyl (C=O) groups excluding carboxylic acids is 1. The number of hydrogen-bond donors (Lipinski definition) is 2. The van der Waals surface area contributed by atoms with Crippen molar-refractivity contribution < 1.29 is 26.3 Å². The van der Waals surface area contributed by atoms with Gasteiger partial charge in [0.25, 0.3) is 0 Å². The van der Waals surface area contributed by atoms with Crippen molar-refractivity contribution in [2.75, 3.05) is 12.4 Å². The summed E-state index contributed by atoms with van der Waals surface area (Å²) in [5.74, 6) is 0.723. The number of aromatic amines is 1. The summed E-state index contributed by atoms with van der Waals surface area (Å²) in [6.45, 7) is 1.50. The van der Waals surface area contributed by atoms with Gasteiger partial charge in [0.15, 0.2) is 0 Å². The molecule has 4 rings (SSSR count). The number of nitrogens with one attached hydrogen (secondary N) is 2. The first kappa shape index (κ1) is 19.7. The Kier molecular flexibility index (Phi) is 5.82. The van der Waals surface area contributed by atoms with Crippen molar-refractivity contribution in [3.8, 4) is 28.0 Å². The van der Waals surface area contributed by atoms with E-state index in [9.17, 15) is 4.79 Å².